The fraction of sp³-hybridized carbons (Fsp3) is 0.263. The Labute approximate surface area is 167 Å². The number of aromatic nitrogens is 1. The van der Waals surface area contributed by atoms with Crippen LogP contribution in [0.3, 0.4) is 0 Å². The summed E-state index contributed by atoms with van der Waals surface area (Å²) in [7, 11) is 0. The molecule has 2 aromatic carbocycles. The van der Waals surface area contributed by atoms with Crippen LogP contribution in [0.1, 0.15) is 5.01 Å². The Morgan fingerprint density at radius 1 is 1.08 bits per heavy atom. The zero-order chi connectivity index (χ0) is 17.9. The summed E-state index contributed by atoms with van der Waals surface area (Å²) in [5.41, 5.74) is 2.07. The van der Waals surface area contributed by atoms with Crippen molar-refractivity contribution < 1.29 is 0 Å². The van der Waals surface area contributed by atoms with Crippen molar-refractivity contribution in [1.82, 2.24) is 14.8 Å². The standard InChI is InChI=1S/C19H19ClN4S2/c20-14-5-7-15(8-6-14)21-19(25)24-11-9-23(10-12-24)13-18-22-16-3-1-2-4-17(16)26-18/h1-8H,9-13H2,(H,21,25). The number of nitrogens with one attached hydrogen (secondary N) is 1. The summed E-state index contributed by atoms with van der Waals surface area (Å²) in [6, 6.07) is 15.9. The van der Waals surface area contributed by atoms with Crippen LogP contribution in [0.5, 0.6) is 0 Å². The molecule has 0 spiro atoms. The molecule has 7 heteroatoms. The fourth-order valence-electron chi connectivity index (χ4n) is 3.02. The lowest BCUT2D eigenvalue weighted by molar-refractivity contribution is 0.177. The van der Waals surface area contributed by atoms with Crippen LogP contribution < -0.4 is 5.32 Å². The predicted molar refractivity (Wildman–Crippen MR) is 114 cm³/mol. The van der Waals surface area contributed by atoms with E-state index in [1.54, 1.807) is 11.3 Å². The summed E-state index contributed by atoms with van der Waals surface area (Å²) >= 11 is 13.3. The number of thiocarbonyl (C=S) groups is 1. The molecule has 0 bridgehead atoms. The third kappa shape index (κ3) is 4.15. The number of rotatable bonds is 3. The van der Waals surface area contributed by atoms with Crippen LogP contribution in [0.4, 0.5) is 5.69 Å². The number of piperazine rings is 1. The van der Waals surface area contributed by atoms with Gasteiger partial charge >= 0.3 is 0 Å². The van der Waals surface area contributed by atoms with Crippen molar-refractivity contribution in [2.45, 2.75) is 6.54 Å². The summed E-state index contributed by atoms with van der Waals surface area (Å²) in [5, 5.41) is 5.97. The van der Waals surface area contributed by atoms with E-state index in [1.807, 2.05) is 30.3 Å². The van der Waals surface area contributed by atoms with Crippen LogP contribution in [0.2, 0.25) is 5.02 Å². The largest absolute Gasteiger partial charge is 0.346 e. The molecule has 0 radical (unpaired) electrons. The Hall–Kier alpha value is -1.73. The molecule has 0 aliphatic carbocycles. The number of fused-ring (bicyclic) bond motifs is 1. The lowest BCUT2D eigenvalue weighted by Gasteiger charge is -2.35. The zero-order valence-electron chi connectivity index (χ0n) is 14.2. The fourth-order valence-corrected chi connectivity index (χ4v) is 4.46. The number of hydrogen-bond acceptors (Lipinski definition) is 4. The van der Waals surface area contributed by atoms with Gasteiger partial charge in [-0.1, -0.05) is 23.7 Å². The summed E-state index contributed by atoms with van der Waals surface area (Å²) < 4.78 is 1.26. The maximum absolute atomic E-state index is 5.92. The normalized spacial score (nSPS) is 15.3. The van der Waals surface area contributed by atoms with Gasteiger partial charge in [-0.15, -0.1) is 11.3 Å². The lowest BCUT2D eigenvalue weighted by atomic mass is 10.3. The molecule has 1 N–H and O–H groups in total. The second-order valence-corrected chi connectivity index (χ2v) is 8.21. The smallest absolute Gasteiger partial charge is 0.173 e. The van der Waals surface area contributed by atoms with Gasteiger partial charge in [0.2, 0.25) is 0 Å². The molecule has 4 rings (SSSR count). The highest BCUT2D eigenvalue weighted by Crippen LogP contribution is 2.23. The van der Waals surface area contributed by atoms with Crippen molar-refractivity contribution in [3.63, 3.8) is 0 Å². The first kappa shape index (κ1) is 17.7. The van der Waals surface area contributed by atoms with Crippen LogP contribution in [0.15, 0.2) is 48.5 Å². The summed E-state index contributed by atoms with van der Waals surface area (Å²) in [4.78, 5) is 9.40. The van der Waals surface area contributed by atoms with Gasteiger partial charge in [-0.2, -0.15) is 0 Å². The molecule has 0 unspecified atom stereocenters. The molecule has 1 saturated heterocycles. The van der Waals surface area contributed by atoms with Gasteiger partial charge in [-0.25, -0.2) is 4.98 Å². The number of halogens is 1. The van der Waals surface area contributed by atoms with E-state index in [9.17, 15) is 0 Å². The van der Waals surface area contributed by atoms with E-state index in [0.29, 0.717) is 0 Å². The van der Waals surface area contributed by atoms with Crippen LogP contribution in [-0.2, 0) is 6.54 Å². The maximum Gasteiger partial charge on any atom is 0.173 e. The zero-order valence-corrected chi connectivity index (χ0v) is 16.6. The van der Waals surface area contributed by atoms with Crippen molar-refractivity contribution in [1.29, 1.82) is 0 Å². The molecule has 26 heavy (non-hydrogen) atoms. The molecule has 1 fully saturated rings. The van der Waals surface area contributed by atoms with Gasteiger partial charge in [0.1, 0.15) is 5.01 Å². The van der Waals surface area contributed by atoms with Gasteiger partial charge < -0.3 is 10.2 Å². The SMILES string of the molecule is S=C(Nc1ccc(Cl)cc1)N1CCN(Cc2nc3ccccc3s2)CC1. The topological polar surface area (TPSA) is 31.4 Å². The minimum Gasteiger partial charge on any atom is -0.346 e. The minimum atomic E-state index is 0.727. The second kappa shape index (κ2) is 7.88. The van der Waals surface area contributed by atoms with Gasteiger partial charge in [-0.05, 0) is 48.6 Å². The highest BCUT2D eigenvalue weighted by Gasteiger charge is 2.20. The molecule has 0 amide bonds. The molecule has 4 nitrogen and oxygen atoms in total. The number of nitrogens with zero attached hydrogens (tertiary/aromatic N) is 3. The number of benzene rings is 2. The summed E-state index contributed by atoms with van der Waals surface area (Å²) in [5.74, 6) is 0. The lowest BCUT2D eigenvalue weighted by Crippen LogP contribution is -2.49. The average Bonchev–Trinajstić information content (AvgIpc) is 3.06. The Bertz CT molecular complexity index is 868. The van der Waals surface area contributed by atoms with Crippen molar-refractivity contribution in [2.24, 2.45) is 0 Å². The van der Waals surface area contributed by atoms with Gasteiger partial charge in [0.15, 0.2) is 5.11 Å². The highest BCUT2D eigenvalue weighted by molar-refractivity contribution is 7.80. The minimum absolute atomic E-state index is 0.727. The van der Waals surface area contributed by atoms with E-state index in [1.165, 1.54) is 9.71 Å². The third-order valence-electron chi connectivity index (χ3n) is 4.45. The number of hydrogen-bond donors (Lipinski definition) is 1. The molecule has 2 heterocycles. The molecule has 1 aromatic heterocycles. The Morgan fingerprint density at radius 2 is 1.81 bits per heavy atom. The van der Waals surface area contributed by atoms with Crippen LogP contribution in [0.25, 0.3) is 10.2 Å². The van der Waals surface area contributed by atoms with Gasteiger partial charge in [0, 0.05) is 36.9 Å². The van der Waals surface area contributed by atoms with E-state index >= 15 is 0 Å². The monoisotopic (exact) mass is 402 g/mol. The van der Waals surface area contributed by atoms with Crippen molar-refractivity contribution in [2.75, 3.05) is 31.5 Å². The van der Waals surface area contributed by atoms with E-state index in [4.69, 9.17) is 28.8 Å². The molecule has 3 aromatic rings. The van der Waals surface area contributed by atoms with Gasteiger partial charge in [-0.3, -0.25) is 4.90 Å². The first-order valence-electron chi connectivity index (χ1n) is 8.56. The maximum atomic E-state index is 5.92. The molecular weight excluding hydrogens is 384 g/mol. The second-order valence-electron chi connectivity index (χ2n) is 6.28. The van der Waals surface area contributed by atoms with E-state index in [0.717, 1.165) is 54.1 Å². The van der Waals surface area contributed by atoms with Crippen LogP contribution in [-0.4, -0.2) is 46.1 Å². The highest BCUT2D eigenvalue weighted by atomic mass is 35.5. The molecule has 0 saturated carbocycles. The number of thiazole rings is 1. The summed E-state index contributed by atoms with van der Waals surface area (Å²) in [6.07, 6.45) is 0. The quantitative estimate of drug-likeness (QED) is 0.653. The first-order chi connectivity index (χ1) is 12.7. The third-order valence-corrected chi connectivity index (χ3v) is 6.09. The van der Waals surface area contributed by atoms with Crippen molar-refractivity contribution in [3.8, 4) is 0 Å². The molecular formula is C19H19ClN4S2. The van der Waals surface area contributed by atoms with E-state index in [2.05, 4.69) is 33.3 Å². The summed E-state index contributed by atoms with van der Waals surface area (Å²) in [6.45, 7) is 4.72. The Kier molecular flexibility index (Phi) is 5.36. The Balaban J connectivity index is 1.30. The average molecular weight is 403 g/mol. The molecule has 1 aliphatic rings. The van der Waals surface area contributed by atoms with Crippen LogP contribution >= 0.6 is 35.2 Å². The first-order valence-corrected chi connectivity index (χ1v) is 10.2. The van der Waals surface area contributed by atoms with Crippen LogP contribution in [0, 0.1) is 0 Å². The molecule has 134 valence electrons. The van der Waals surface area contributed by atoms with Gasteiger partial charge in [0.25, 0.3) is 0 Å². The van der Waals surface area contributed by atoms with Crippen molar-refractivity contribution in [3.05, 3.63) is 58.6 Å². The van der Waals surface area contributed by atoms with E-state index < -0.39 is 0 Å². The van der Waals surface area contributed by atoms with Crippen molar-refractivity contribution >= 4 is 56.2 Å². The molecule has 0 atom stereocenters. The molecule has 1 aliphatic heterocycles. The predicted octanol–water partition coefficient (Wildman–Crippen LogP) is 4.46. The van der Waals surface area contributed by atoms with Gasteiger partial charge in [0.05, 0.1) is 16.8 Å². The van der Waals surface area contributed by atoms with E-state index in [-0.39, 0.29) is 0 Å². The number of para-hydroxylation sites is 1. The number of anilines is 1. The Morgan fingerprint density at radius 3 is 2.54 bits per heavy atom.